The Hall–Kier alpha value is -2.13. The molecule has 1 saturated heterocycles. The van der Waals surface area contributed by atoms with E-state index < -0.39 is 10.2 Å². The predicted octanol–water partition coefficient (Wildman–Crippen LogP) is 2.42. The first-order valence-electron chi connectivity index (χ1n) is 9.28. The molecule has 1 aliphatic heterocycles. The lowest BCUT2D eigenvalue weighted by molar-refractivity contribution is -0.121. The van der Waals surface area contributed by atoms with Gasteiger partial charge in [-0.05, 0) is 35.7 Å². The van der Waals surface area contributed by atoms with Crippen LogP contribution in [0.3, 0.4) is 0 Å². The van der Waals surface area contributed by atoms with Gasteiger partial charge in [0.1, 0.15) is 5.75 Å². The summed E-state index contributed by atoms with van der Waals surface area (Å²) in [5, 5.41) is 3.29. The van der Waals surface area contributed by atoms with Crippen molar-refractivity contribution >= 4 is 27.7 Å². The summed E-state index contributed by atoms with van der Waals surface area (Å²) in [5.74, 6) is 0.391. The maximum Gasteiger partial charge on any atom is 0.282 e. The average Bonchev–Trinajstić information content (AvgIpc) is 2.71. The molecular weight excluding hydrogens is 414 g/mol. The first-order chi connectivity index (χ1) is 13.9. The summed E-state index contributed by atoms with van der Waals surface area (Å²) in [4.78, 5) is 12.3. The zero-order valence-corrected chi connectivity index (χ0v) is 17.7. The molecule has 1 amide bonds. The fourth-order valence-corrected chi connectivity index (χ4v) is 4.94. The predicted molar refractivity (Wildman–Crippen MR) is 112 cm³/mol. The molecule has 156 valence electrons. The molecule has 9 heteroatoms. The van der Waals surface area contributed by atoms with E-state index in [2.05, 4.69) is 5.32 Å². The van der Waals surface area contributed by atoms with Crippen molar-refractivity contribution in [3.05, 3.63) is 64.7 Å². The molecular formula is C20H24ClN3O4S. The van der Waals surface area contributed by atoms with Crippen LogP contribution in [0.5, 0.6) is 5.75 Å². The molecule has 0 atom stereocenters. The molecule has 0 unspecified atom stereocenters. The summed E-state index contributed by atoms with van der Waals surface area (Å²) < 4.78 is 33.5. The van der Waals surface area contributed by atoms with Crippen molar-refractivity contribution in [1.29, 1.82) is 0 Å². The Balaban J connectivity index is 1.59. The van der Waals surface area contributed by atoms with Crippen molar-refractivity contribution in [2.45, 2.75) is 19.5 Å². The lowest BCUT2D eigenvalue weighted by Gasteiger charge is -2.34. The van der Waals surface area contributed by atoms with Gasteiger partial charge < -0.3 is 10.1 Å². The summed E-state index contributed by atoms with van der Waals surface area (Å²) in [6.45, 7) is 1.01. The minimum Gasteiger partial charge on any atom is -0.497 e. The minimum atomic E-state index is -3.74. The zero-order valence-electron chi connectivity index (χ0n) is 16.2. The van der Waals surface area contributed by atoms with Gasteiger partial charge in [-0.3, -0.25) is 4.79 Å². The van der Waals surface area contributed by atoms with Crippen molar-refractivity contribution in [1.82, 2.24) is 13.9 Å². The third kappa shape index (κ3) is 5.48. The Bertz CT molecular complexity index is 950. The molecule has 2 aromatic rings. The molecule has 1 aliphatic rings. The Morgan fingerprint density at radius 3 is 2.48 bits per heavy atom. The van der Waals surface area contributed by atoms with E-state index in [-0.39, 0.29) is 19.0 Å². The normalized spacial score (nSPS) is 17.0. The van der Waals surface area contributed by atoms with Gasteiger partial charge in [-0.15, -0.1) is 0 Å². The fourth-order valence-electron chi connectivity index (χ4n) is 3.12. The topological polar surface area (TPSA) is 79.0 Å². The van der Waals surface area contributed by atoms with Crippen LogP contribution < -0.4 is 10.1 Å². The number of hydrogen-bond acceptors (Lipinski definition) is 4. The maximum absolute atomic E-state index is 12.9. The summed E-state index contributed by atoms with van der Waals surface area (Å²) in [5.41, 5.74) is 1.64. The highest BCUT2D eigenvalue weighted by atomic mass is 35.5. The summed E-state index contributed by atoms with van der Waals surface area (Å²) in [6, 6.07) is 14.5. The molecule has 3 rings (SSSR count). The monoisotopic (exact) mass is 437 g/mol. The Labute approximate surface area is 176 Å². The third-order valence-corrected chi connectivity index (χ3v) is 7.04. The van der Waals surface area contributed by atoms with E-state index >= 15 is 0 Å². The lowest BCUT2D eigenvalue weighted by Crippen LogP contribution is -2.52. The minimum absolute atomic E-state index is 0.186. The molecule has 1 heterocycles. The van der Waals surface area contributed by atoms with Crippen molar-refractivity contribution in [2.75, 3.05) is 26.7 Å². The van der Waals surface area contributed by atoms with Crippen LogP contribution in [0.15, 0.2) is 48.5 Å². The Morgan fingerprint density at radius 2 is 1.79 bits per heavy atom. The van der Waals surface area contributed by atoms with Gasteiger partial charge in [-0.25, -0.2) is 0 Å². The fraction of sp³-hybridized carbons (Fsp3) is 0.350. The quantitative estimate of drug-likeness (QED) is 0.721. The molecule has 0 radical (unpaired) electrons. The number of carbonyl (C=O) groups excluding carboxylic acids is 1. The summed E-state index contributed by atoms with van der Waals surface area (Å²) >= 11 is 6.17. The van der Waals surface area contributed by atoms with Crippen LogP contribution in [0, 0.1) is 0 Å². The number of carbonyl (C=O) groups is 1. The number of halogens is 1. The first-order valence-corrected chi connectivity index (χ1v) is 11.1. The van der Waals surface area contributed by atoms with Gasteiger partial charge in [0.2, 0.25) is 5.91 Å². The van der Waals surface area contributed by atoms with Gasteiger partial charge in [-0.2, -0.15) is 17.0 Å². The number of rotatable bonds is 7. The number of amides is 1. The second kappa shape index (κ2) is 9.58. The van der Waals surface area contributed by atoms with Crippen molar-refractivity contribution in [3.63, 3.8) is 0 Å². The van der Waals surface area contributed by atoms with Crippen LogP contribution >= 0.6 is 11.6 Å². The van der Waals surface area contributed by atoms with Crippen molar-refractivity contribution < 1.29 is 17.9 Å². The Morgan fingerprint density at radius 1 is 1.10 bits per heavy atom. The molecule has 1 fully saturated rings. The molecule has 0 bridgehead atoms. The SMILES string of the molecule is COc1ccc(CNC(=O)CN2CCCN(Cc3ccccc3Cl)S2(=O)=O)cc1. The van der Waals surface area contributed by atoms with E-state index in [4.69, 9.17) is 16.3 Å². The molecule has 0 saturated carbocycles. The van der Waals surface area contributed by atoms with Crippen LogP contribution in [0.4, 0.5) is 0 Å². The summed E-state index contributed by atoms with van der Waals surface area (Å²) in [7, 11) is -2.15. The highest BCUT2D eigenvalue weighted by molar-refractivity contribution is 7.86. The highest BCUT2D eigenvalue weighted by Crippen LogP contribution is 2.23. The van der Waals surface area contributed by atoms with Gasteiger partial charge in [0, 0.05) is 31.2 Å². The lowest BCUT2D eigenvalue weighted by atomic mass is 10.2. The van der Waals surface area contributed by atoms with Gasteiger partial charge in [0.15, 0.2) is 0 Å². The van der Waals surface area contributed by atoms with E-state index in [1.165, 1.54) is 8.61 Å². The molecule has 7 nitrogen and oxygen atoms in total. The van der Waals surface area contributed by atoms with E-state index in [9.17, 15) is 13.2 Å². The molecule has 2 aromatic carbocycles. The molecule has 29 heavy (non-hydrogen) atoms. The van der Waals surface area contributed by atoms with Gasteiger partial charge in [0.25, 0.3) is 10.2 Å². The number of methoxy groups -OCH3 is 1. The summed E-state index contributed by atoms with van der Waals surface area (Å²) in [6.07, 6.45) is 0.648. The number of benzene rings is 2. The van der Waals surface area contributed by atoms with Crippen LogP contribution in [-0.4, -0.2) is 49.7 Å². The van der Waals surface area contributed by atoms with Gasteiger partial charge in [0.05, 0.1) is 13.7 Å². The van der Waals surface area contributed by atoms with Crippen LogP contribution in [0.25, 0.3) is 0 Å². The van der Waals surface area contributed by atoms with E-state index in [1.807, 2.05) is 30.3 Å². The smallest absolute Gasteiger partial charge is 0.282 e. The maximum atomic E-state index is 12.9. The largest absolute Gasteiger partial charge is 0.497 e. The number of hydrogen-bond donors (Lipinski definition) is 1. The third-order valence-electron chi connectivity index (χ3n) is 4.74. The number of nitrogens with zero attached hydrogens (tertiary/aromatic N) is 2. The van der Waals surface area contributed by atoms with Crippen LogP contribution in [-0.2, 0) is 28.1 Å². The average molecular weight is 438 g/mol. The number of ether oxygens (including phenoxy) is 1. The van der Waals surface area contributed by atoms with Crippen molar-refractivity contribution in [3.8, 4) is 5.75 Å². The second-order valence-electron chi connectivity index (χ2n) is 6.74. The van der Waals surface area contributed by atoms with Crippen LogP contribution in [0.1, 0.15) is 17.5 Å². The highest BCUT2D eigenvalue weighted by Gasteiger charge is 2.34. The zero-order chi connectivity index (χ0) is 20.9. The second-order valence-corrected chi connectivity index (χ2v) is 9.08. The van der Waals surface area contributed by atoms with E-state index in [0.29, 0.717) is 31.1 Å². The molecule has 0 aliphatic carbocycles. The first kappa shape index (κ1) is 21.6. The number of nitrogens with one attached hydrogen (secondary N) is 1. The van der Waals surface area contributed by atoms with Crippen LogP contribution in [0.2, 0.25) is 5.02 Å². The molecule has 0 spiro atoms. The van der Waals surface area contributed by atoms with E-state index in [1.54, 1.807) is 25.3 Å². The van der Waals surface area contributed by atoms with Gasteiger partial charge in [-0.1, -0.05) is 41.9 Å². The Kier molecular flexibility index (Phi) is 7.13. The van der Waals surface area contributed by atoms with Crippen molar-refractivity contribution in [2.24, 2.45) is 0 Å². The van der Waals surface area contributed by atoms with E-state index in [0.717, 1.165) is 16.9 Å². The standard InChI is InChI=1S/C20H24ClN3O4S/c1-28-18-9-7-16(8-10-18)13-22-20(25)15-24-12-4-11-23(29(24,26)27)14-17-5-2-3-6-19(17)21/h2-3,5-10H,4,11-15H2,1H3,(H,22,25). The van der Waals surface area contributed by atoms with Gasteiger partial charge >= 0.3 is 0 Å². The molecule has 1 N–H and O–H groups in total. The molecule has 0 aromatic heterocycles.